The second-order valence-electron chi connectivity index (χ2n) is 12.5. The Balaban J connectivity index is 1.35. The summed E-state index contributed by atoms with van der Waals surface area (Å²) in [5, 5.41) is 3.14. The number of primary amides is 1. The quantitative estimate of drug-likeness (QED) is 0.172. The molecule has 3 amide bonds. The van der Waals surface area contributed by atoms with Gasteiger partial charge in [-0.3, -0.25) is 14.4 Å². The Labute approximate surface area is 270 Å². The van der Waals surface area contributed by atoms with E-state index in [1.165, 1.54) is 0 Å². The van der Waals surface area contributed by atoms with Gasteiger partial charge in [0.25, 0.3) is 5.91 Å². The van der Waals surface area contributed by atoms with Gasteiger partial charge < -0.3 is 20.7 Å². The average molecular weight is 616 g/mol. The fourth-order valence-corrected chi connectivity index (χ4v) is 6.80. The summed E-state index contributed by atoms with van der Waals surface area (Å²) in [7, 11) is 0. The van der Waals surface area contributed by atoms with Gasteiger partial charge in [0.15, 0.2) is 0 Å². The molecule has 1 saturated carbocycles. The van der Waals surface area contributed by atoms with Crippen molar-refractivity contribution >= 4 is 23.4 Å². The number of anilines is 1. The van der Waals surface area contributed by atoms with Crippen LogP contribution in [-0.4, -0.2) is 17.7 Å². The molecule has 4 aromatic carbocycles. The second kappa shape index (κ2) is 14.0. The molecule has 2 aliphatic rings. The lowest BCUT2D eigenvalue weighted by Gasteiger charge is -2.33. The van der Waals surface area contributed by atoms with Crippen molar-refractivity contribution in [1.82, 2.24) is 5.32 Å². The fourth-order valence-electron chi connectivity index (χ4n) is 6.80. The minimum Gasteiger partial charge on any atom is -0.457 e. The number of fused-ring (bicyclic) bond motifs is 3. The van der Waals surface area contributed by atoms with Crippen LogP contribution in [0.1, 0.15) is 62.6 Å². The number of nitrogens with zero attached hydrogens (tertiary/aromatic N) is 1. The molecule has 6 rings (SSSR count). The summed E-state index contributed by atoms with van der Waals surface area (Å²) in [6.45, 7) is 2.27. The zero-order valence-electron chi connectivity index (χ0n) is 26.2. The van der Waals surface area contributed by atoms with Crippen LogP contribution in [0, 0.1) is 17.8 Å². The number of rotatable bonds is 12. The molecular weight excluding hydrogens is 574 g/mol. The molecule has 7 nitrogen and oxygen atoms in total. The van der Waals surface area contributed by atoms with Crippen LogP contribution < -0.4 is 20.7 Å². The molecule has 3 atom stereocenters. The number of benzene rings is 4. The van der Waals surface area contributed by atoms with Crippen molar-refractivity contribution in [2.75, 3.05) is 4.90 Å². The normalized spacial score (nSPS) is 17.1. The highest BCUT2D eigenvalue weighted by Crippen LogP contribution is 2.42. The fraction of sp³-hybridized carbons (Fsp3) is 0.308. The van der Waals surface area contributed by atoms with Gasteiger partial charge in [-0.2, -0.15) is 0 Å². The zero-order chi connectivity index (χ0) is 32.0. The molecule has 7 heteroatoms. The Morgan fingerprint density at radius 1 is 0.870 bits per heavy atom. The van der Waals surface area contributed by atoms with E-state index in [9.17, 15) is 14.4 Å². The summed E-state index contributed by atoms with van der Waals surface area (Å²) in [5.74, 6) is -0.383. The van der Waals surface area contributed by atoms with E-state index in [1.807, 2.05) is 110 Å². The van der Waals surface area contributed by atoms with Crippen LogP contribution in [0.3, 0.4) is 0 Å². The van der Waals surface area contributed by atoms with Gasteiger partial charge in [-0.15, -0.1) is 0 Å². The third kappa shape index (κ3) is 6.69. The number of para-hydroxylation sites is 2. The van der Waals surface area contributed by atoms with Crippen molar-refractivity contribution in [3.63, 3.8) is 0 Å². The van der Waals surface area contributed by atoms with Gasteiger partial charge in [0.05, 0.1) is 12.2 Å². The van der Waals surface area contributed by atoms with E-state index >= 15 is 0 Å². The number of hydrogen-bond acceptors (Lipinski definition) is 4. The third-order valence-corrected chi connectivity index (χ3v) is 9.37. The van der Waals surface area contributed by atoms with Gasteiger partial charge in [0.1, 0.15) is 17.5 Å². The van der Waals surface area contributed by atoms with Crippen LogP contribution in [0.4, 0.5) is 5.69 Å². The SMILES string of the molecule is CCC[C@H](C(N)=O)[C@@H](CC1CCC1)C(=O)NC1C(=O)N(Cc2cccc(Oc3ccccc3)c2)c2ccccc2-c2ccccc21. The molecule has 1 aliphatic heterocycles. The number of nitrogens with one attached hydrogen (secondary N) is 1. The van der Waals surface area contributed by atoms with Crippen molar-refractivity contribution in [3.8, 4) is 22.6 Å². The molecule has 1 aliphatic carbocycles. The summed E-state index contributed by atoms with van der Waals surface area (Å²) in [6, 6.07) is 31.9. The Morgan fingerprint density at radius 3 is 2.28 bits per heavy atom. The van der Waals surface area contributed by atoms with E-state index in [4.69, 9.17) is 10.5 Å². The second-order valence-corrected chi connectivity index (χ2v) is 12.5. The highest BCUT2D eigenvalue weighted by atomic mass is 16.5. The van der Waals surface area contributed by atoms with Gasteiger partial charge in [0, 0.05) is 17.4 Å². The first-order chi connectivity index (χ1) is 22.4. The highest BCUT2D eigenvalue weighted by molar-refractivity contribution is 6.06. The average Bonchev–Trinajstić information content (AvgIpc) is 3.13. The van der Waals surface area contributed by atoms with E-state index in [0.29, 0.717) is 24.5 Å². The number of ether oxygens (including phenoxy) is 1. The van der Waals surface area contributed by atoms with Crippen molar-refractivity contribution in [1.29, 1.82) is 0 Å². The van der Waals surface area contributed by atoms with Gasteiger partial charge >= 0.3 is 0 Å². The summed E-state index contributed by atoms with van der Waals surface area (Å²) >= 11 is 0. The molecule has 1 fully saturated rings. The summed E-state index contributed by atoms with van der Waals surface area (Å²) < 4.78 is 6.09. The number of hydrogen-bond donors (Lipinski definition) is 2. The van der Waals surface area contributed by atoms with E-state index in [0.717, 1.165) is 59.4 Å². The Kier molecular flexibility index (Phi) is 9.48. The predicted octanol–water partition coefficient (Wildman–Crippen LogP) is 7.56. The van der Waals surface area contributed by atoms with E-state index in [-0.39, 0.29) is 18.4 Å². The molecule has 0 spiro atoms. The van der Waals surface area contributed by atoms with Crippen LogP contribution in [0.5, 0.6) is 11.5 Å². The predicted molar refractivity (Wildman–Crippen MR) is 180 cm³/mol. The largest absolute Gasteiger partial charge is 0.457 e. The lowest BCUT2D eigenvalue weighted by molar-refractivity contribution is -0.136. The minimum absolute atomic E-state index is 0.242. The molecule has 0 aromatic heterocycles. The smallest absolute Gasteiger partial charge is 0.254 e. The maximum absolute atomic E-state index is 14.7. The summed E-state index contributed by atoms with van der Waals surface area (Å²) in [5.41, 5.74) is 10.0. The zero-order valence-corrected chi connectivity index (χ0v) is 26.2. The van der Waals surface area contributed by atoms with Crippen molar-refractivity contribution < 1.29 is 19.1 Å². The minimum atomic E-state index is -0.945. The molecule has 3 N–H and O–H groups in total. The van der Waals surface area contributed by atoms with Gasteiger partial charge in [-0.1, -0.05) is 105 Å². The lowest BCUT2D eigenvalue weighted by Crippen LogP contribution is -2.47. The number of carbonyl (C=O) groups is 3. The number of carbonyl (C=O) groups excluding carboxylic acids is 3. The number of nitrogens with two attached hydrogens (primary N) is 1. The van der Waals surface area contributed by atoms with Crippen molar-refractivity contribution in [3.05, 3.63) is 114 Å². The maximum Gasteiger partial charge on any atom is 0.254 e. The Hall–Kier alpha value is -4.91. The van der Waals surface area contributed by atoms with E-state index in [2.05, 4.69) is 5.32 Å². The first-order valence-corrected chi connectivity index (χ1v) is 16.3. The first-order valence-electron chi connectivity index (χ1n) is 16.3. The molecule has 1 unspecified atom stereocenters. The van der Waals surface area contributed by atoms with Gasteiger partial charge in [0.2, 0.25) is 11.8 Å². The third-order valence-electron chi connectivity index (χ3n) is 9.37. The lowest BCUT2D eigenvalue weighted by atomic mass is 9.73. The van der Waals surface area contributed by atoms with Crippen LogP contribution >= 0.6 is 0 Å². The molecule has 236 valence electrons. The van der Waals surface area contributed by atoms with E-state index in [1.54, 1.807) is 4.90 Å². The molecule has 4 aromatic rings. The molecule has 46 heavy (non-hydrogen) atoms. The van der Waals surface area contributed by atoms with Crippen molar-refractivity contribution in [2.45, 2.75) is 58.0 Å². The van der Waals surface area contributed by atoms with Crippen molar-refractivity contribution in [2.24, 2.45) is 23.5 Å². The Morgan fingerprint density at radius 2 is 1.57 bits per heavy atom. The van der Waals surface area contributed by atoms with Gasteiger partial charge in [-0.25, -0.2) is 0 Å². The van der Waals surface area contributed by atoms with Crippen LogP contribution in [0.2, 0.25) is 0 Å². The molecule has 0 radical (unpaired) electrons. The van der Waals surface area contributed by atoms with Crippen LogP contribution in [0.15, 0.2) is 103 Å². The van der Waals surface area contributed by atoms with Crippen LogP contribution in [-0.2, 0) is 20.9 Å². The van der Waals surface area contributed by atoms with E-state index < -0.39 is 23.8 Å². The standard InChI is InChI=1S/C39H41N3O4/c1-2-12-33(37(40)43)34(24-26-13-10-14-26)38(44)41-36-32-21-7-6-19-30(32)31-20-8-9-22-35(31)42(39(36)45)25-27-15-11-18-29(23-27)46-28-16-4-3-5-17-28/h3-9,11,15-23,26,33-34,36H,2,10,12-14,24-25H2,1H3,(H2,40,43)(H,41,44)/t33-,34+,36?/m0/s1. The Bertz CT molecular complexity index is 1700. The first kappa shape index (κ1) is 31.1. The molecule has 0 bridgehead atoms. The highest BCUT2D eigenvalue weighted by Gasteiger charge is 2.40. The number of amides is 3. The molecule has 1 heterocycles. The monoisotopic (exact) mass is 615 g/mol. The van der Waals surface area contributed by atoms with Crippen LogP contribution in [0.25, 0.3) is 11.1 Å². The summed E-state index contributed by atoms with van der Waals surface area (Å²) in [4.78, 5) is 43.3. The molecular formula is C39H41N3O4. The maximum atomic E-state index is 14.7. The summed E-state index contributed by atoms with van der Waals surface area (Å²) in [6.07, 6.45) is 5.09. The van der Waals surface area contributed by atoms with Gasteiger partial charge in [-0.05, 0) is 65.8 Å². The topological polar surface area (TPSA) is 102 Å². The molecule has 0 saturated heterocycles.